The Balaban J connectivity index is 2.26. The van der Waals surface area contributed by atoms with Crippen molar-refractivity contribution < 1.29 is 23.1 Å². The van der Waals surface area contributed by atoms with Crippen LogP contribution in [-0.4, -0.2) is 31.6 Å². The first-order chi connectivity index (χ1) is 9.92. The molecule has 2 N–H and O–H groups in total. The van der Waals surface area contributed by atoms with Crippen molar-refractivity contribution >= 4 is 21.8 Å². The fourth-order valence-corrected chi connectivity index (χ4v) is 2.59. The second kappa shape index (κ2) is 5.80. The number of carboxylic acid groups (broad SMARTS) is 1. The molecule has 0 radical (unpaired) electrons. The Morgan fingerprint density at radius 2 is 2.05 bits per heavy atom. The number of methoxy groups -OCH3 is 1. The summed E-state index contributed by atoms with van der Waals surface area (Å²) in [7, 11) is -2.38. The van der Waals surface area contributed by atoms with Gasteiger partial charge in [-0.25, -0.2) is 18.2 Å². The second-order valence-electron chi connectivity index (χ2n) is 4.02. The van der Waals surface area contributed by atoms with E-state index in [0.29, 0.717) is 5.75 Å². The van der Waals surface area contributed by atoms with E-state index in [9.17, 15) is 13.2 Å². The van der Waals surface area contributed by atoms with E-state index >= 15 is 0 Å². The number of carboxylic acids is 1. The second-order valence-corrected chi connectivity index (χ2v) is 5.70. The van der Waals surface area contributed by atoms with Crippen molar-refractivity contribution in [3.8, 4) is 5.75 Å². The van der Waals surface area contributed by atoms with Crippen molar-refractivity contribution in [1.82, 2.24) is 4.98 Å². The number of pyridine rings is 1. The average molecular weight is 308 g/mol. The van der Waals surface area contributed by atoms with Gasteiger partial charge in [-0.1, -0.05) is 6.07 Å². The van der Waals surface area contributed by atoms with Crippen molar-refractivity contribution in [1.29, 1.82) is 0 Å². The number of sulfonamides is 1. The van der Waals surface area contributed by atoms with Gasteiger partial charge in [-0.15, -0.1) is 0 Å². The third-order valence-corrected chi connectivity index (χ3v) is 3.95. The molecule has 1 aromatic heterocycles. The molecule has 110 valence electrons. The van der Waals surface area contributed by atoms with Gasteiger partial charge in [-0.2, -0.15) is 0 Å². The normalized spacial score (nSPS) is 10.9. The summed E-state index contributed by atoms with van der Waals surface area (Å²) in [5.74, 6) is -0.695. The summed E-state index contributed by atoms with van der Waals surface area (Å²) < 4.78 is 31.6. The lowest BCUT2D eigenvalue weighted by molar-refractivity contribution is 0.0696. The first-order valence-electron chi connectivity index (χ1n) is 5.78. The third kappa shape index (κ3) is 3.48. The van der Waals surface area contributed by atoms with Crippen molar-refractivity contribution in [2.45, 2.75) is 4.90 Å². The van der Waals surface area contributed by atoms with E-state index in [1.165, 1.54) is 31.4 Å². The molecule has 2 rings (SSSR count). The summed E-state index contributed by atoms with van der Waals surface area (Å²) >= 11 is 0. The Morgan fingerprint density at radius 3 is 2.62 bits per heavy atom. The molecule has 0 aliphatic heterocycles. The molecule has 0 saturated heterocycles. The number of hydrogen-bond donors (Lipinski definition) is 2. The van der Waals surface area contributed by atoms with Crippen LogP contribution in [0.2, 0.25) is 0 Å². The highest BCUT2D eigenvalue weighted by Gasteiger charge is 2.15. The summed E-state index contributed by atoms with van der Waals surface area (Å²) in [6.07, 6.45) is 1.08. The number of carbonyl (C=O) groups is 1. The van der Waals surface area contributed by atoms with Crippen LogP contribution in [0.3, 0.4) is 0 Å². The minimum Gasteiger partial charge on any atom is -0.497 e. The molecule has 8 heteroatoms. The summed E-state index contributed by atoms with van der Waals surface area (Å²) in [6.45, 7) is 0. The molecular weight excluding hydrogens is 296 g/mol. The zero-order chi connectivity index (χ0) is 15.5. The van der Waals surface area contributed by atoms with E-state index in [2.05, 4.69) is 9.71 Å². The van der Waals surface area contributed by atoms with E-state index in [-0.39, 0.29) is 16.3 Å². The van der Waals surface area contributed by atoms with Gasteiger partial charge in [-0.05, 0) is 24.3 Å². The number of nitrogens with one attached hydrogen (secondary N) is 1. The van der Waals surface area contributed by atoms with Crippen molar-refractivity contribution in [2.24, 2.45) is 0 Å². The Labute approximate surface area is 121 Å². The Kier molecular flexibility index (Phi) is 4.08. The number of ether oxygens (including phenoxy) is 1. The third-order valence-electron chi connectivity index (χ3n) is 2.60. The minimum absolute atomic E-state index is 0.0194. The quantitative estimate of drug-likeness (QED) is 0.869. The maximum atomic E-state index is 12.2. The lowest BCUT2D eigenvalue weighted by Crippen LogP contribution is -2.14. The topological polar surface area (TPSA) is 106 Å². The zero-order valence-corrected chi connectivity index (χ0v) is 11.8. The molecule has 7 nitrogen and oxygen atoms in total. The van der Waals surface area contributed by atoms with Gasteiger partial charge in [0.1, 0.15) is 11.6 Å². The molecule has 0 bridgehead atoms. The fraction of sp³-hybridized carbons (Fsp3) is 0.0769. The van der Waals surface area contributed by atoms with Crippen molar-refractivity contribution in [3.63, 3.8) is 0 Å². The molecule has 1 aromatic carbocycles. The maximum Gasteiger partial charge on any atom is 0.337 e. The number of aromatic carboxylic acids is 1. The number of benzene rings is 1. The standard InChI is InChI=1S/C13H12N2O5S/c1-20-10-3-2-4-11(7-10)21(18,19)15-12-6-5-9(8-14-12)13(16)17/h2-8H,1H3,(H,14,15)(H,16,17). The molecule has 0 amide bonds. The zero-order valence-electron chi connectivity index (χ0n) is 11.0. The molecule has 0 aliphatic rings. The highest BCUT2D eigenvalue weighted by molar-refractivity contribution is 7.92. The van der Waals surface area contributed by atoms with Crippen LogP contribution in [-0.2, 0) is 10.0 Å². The van der Waals surface area contributed by atoms with Crippen LogP contribution in [0.5, 0.6) is 5.75 Å². The predicted octanol–water partition coefficient (Wildman–Crippen LogP) is 1.59. The van der Waals surface area contributed by atoms with Crippen LogP contribution >= 0.6 is 0 Å². The Morgan fingerprint density at radius 1 is 1.29 bits per heavy atom. The van der Waals surface area contributed by atoms with Gasteiger partial charge in [-0.3, -0.25) is 4.72 Å². The van der Waals surface area contributed by atoms with E-state index in [1.54, 1.807) is 12.1 Å². The fourth-order valence-electron chi connectivity index (χ4n) is 1.55. The van der Waals surface area contributed by atoms with Crippen LogP contribution in [0, 0.1) is 0 Å². The van der Waals surface area contributed by atoms with E-state index in [1.807, 2.05) is 0 Å². The molecule has 0 unspecified atom stereocenters. The highest BCUT2D eigenvalue weighted by atomic mass is 32.2. The smallest absolute Gasteiger partial charge is 0.337 e. The molecule has 21 heavy (non-hydrogen) atoms. The molecule has 0 spiro atoms. The number of aromatic nitrogens is 1. The summed E-state index contributed by atoms with van der Waals surface area (Å²) in [5, 5.41) is 8.75. The first kappa shape index (κ1) is 14.8. The van der Waals surface area contributed by atoms with Crippen LogP contribution in [0.1, 0.15) is 10.4 Å². The van der Waals surface area contributed by atoms with Gasteiger partial charge in [0.15, 0.2) is 0 Å². The Bertz CT molecular complexity index is 756. The molecule has 0 fully saturated rings. The molecule has 1 heterocycles. The van der Waals surface area contributed by atoms with Gasteiger partial charge in [0.2, 0.25) is 0 Å². The van der Waals surface area contributed by atoms with Gasteiger partial charge in [0.25, 0.3) is 10.0 Å². The lowest BCUT2D eigenvalue weighted by Gasteiger charge is -2.08. The highest BCUT2D eigenvalue weighted by Crippen LogP contribution is 2.19. The number of hydrogen-bond acceptors (Lipinski definition) is 5. The number of nitrogens with zero attached hydrogens (tertiary/aromatic N) is 1. The molecule has 0 atom stereocenters. The van der Waals surface area contributed by atoms with Crippen LogP contribution in [0.25, 0.3) is 0 Å². The van der Waals surface area contributed by atoms with Crippen LogP contribution < -0.4 is 9.46 Å². The number of rotatable bonds is 5. The summed E-state index contributed by atoms with van der Waals surface area (Å²) in [6, 6.07) is 8.50. The summed E-state index contributed by atoms with van der Waals surface area (Å²) in [4.78, 5) is 14.5. The maximum absolute atomic E-state index is 12.2. The van der Waals surface area contributed by atoms with Crippen LogP contribution in [0.15, 0.2) is 47.5 Å². The van der Waals surface area contributed by atoms with Gasteiger partial charge >= 0.3 is 5.97 Å². The van der Waals surface area contributed by atoms with E-state index in [0.717, 1.165) is 6.20 Å². The van der Waals surface area contributed by atoms with E-state index in [4.69, 9.17) is 9.84 Å². The molecular formula is C13H12N2O5S. The average Bonchev–Trinajstić information content (AvgIpc) is 2.47. The minimum atomic E-state index is -3.82. The molecule has 2 aromatic rings. The van der Waals surface area contributed by atoms with Crippen LogP contribution in [0.4, 0.5) is 5.82 Å². The van der Waals surface area contributed by atoms with Gasteiger partial charge in [0.05, 0.1) is 17.6 Å². The van der Waals surface area contributed by atoms with Crippen molar-refractivity contribution in [3.05, 3.63) is 48.2 Å². The first-order valence-corrected chi connectivity index (χ1v) is 7.27. The lowest BCUT2D eigenvalue weighted by atomic mass is 10.3. The van der Waals surface area contributed by atoms with E-state index < -0.39 is 16.0 Å². The SMILES string of the molecule is COc1cccc(S(=O)(=O)Nc2ccc(C(=O)O)cn2)c1. The molecule has 0 aliphatic carbocycles. The van der Waals surface area contributed by atoms with Gasteiger partial charge in [0, 0.05) is 12.3 Å². The van der Waals surface area contributed by atoms with Crippen molar-refractivity contribution in [2.75, 3.05) is 11.8 Å². The van der Waals surface area contributed by atoms with Gasteiger partial charge < -0.3 is 9.84 Å². The molecule has 0 saturated carbocycles. The predicted molar refractivity (Wildman–Crippen MR) is 75.0 cm³/mol. The Hall–Kier alpha value is -2.61. The summed E-state index contributed by atoms with van der Waals surface area (Å²) in [5.41, 5.74) is -0.0284. The monoisotopic (exact) mass is 308 g/mol. The number of anilines is 1. The largest absolute Gasteiger partial charge is 0.497 e.